The zero-order valence-corrected chi connectivity index (χ0v) is 15.6. The quantitative estimate of drug-likeness (QED) is 0.813. The van der Waals surface area contributed by atoms with Crippen LogP contribution in [0.4, 0.5) is 0 Å². The Balaban J connectivity index is 2.12. The first-order chi connectivity index (χ1) is 10.6. The van der Waals surface area contributed by atoms with E-state index in [0.717, 1.165) is 15.6 Å². The number of nitrogens with one attached hydrogen (secondary N) is 1. The first kappa shape index (κ1) is 18.4. The molecule has 6 nitrogen and oxygen atoms in total. The van der Waals surface area contributed by atoms with E-state index >= 15 is 0 Å². The molecule has 1 heterocycles. The second-order valence-corrected chi connectivity index (χ2v) is 10.5. The molecule has 2 rings (SSSR count). The van der Waals surface area contributed by atoms with Crippen molar-refractivity contribution < 1.29 is 16.8 Å². The van der Waals surface area contributed by atoms with Crippen LogP contribution in [0.2, 0.25) is 5.02 Å². The zero-order chi connectivity index (χ0) is 17.3. The van der Waals surface area contributed by atoms with Crippen molar-refractivity contribution in [2.45, 2.75) is 15.6 Å². The van der Waals surface area contributed by atoms with Crippen molar-refractivity contribution in [1.82, 2.24) is 9.03 Å². The van der Waals surface area contributed by atoms with Crippen molar-refractivity contribution >= 4 is 43.0 Å². The highest BCUT2D eigenvalue weighted by Crippen LogP contribution is 2.24. The van der Waals surface area contributed by atoms with Crippen LogP contribution in [-0.4, -0.2) is 35.2 Å². The smallest absolute Gasteiger partial charge is 0.207 e. The molecular weight excluding hydrogens is 380 g/mol. The highest BCUT2D eigenvalue weighted by Gasteiger charge is 2.20. The van der Waals surface area contributed by atoms with Gasteiger partial charge < -0.3 is 0 Å². The molecule has 23 heavy (non-hydrogen) atoms. The fraction of sp³-hybridized carbons (Fsp3) is 0.231. The van der Waals surface area contributed by atoms with Crippen LogP contribution in [0.1, 0.15) is 4.88 Å². The second-order valence-electron chi connectivity index (χ2n) is 4.79. The summed E-state index contributed by atoms with van der Waals surface area (Å²) >= 11 is 6.76. The minimum Gasteiger partial charge on any atom is -0.207 e. The minimum atomic E-state index is -3.68. The molecule has 1 N–H and O–H groups in total. The van der Waals surface area contributed by atoms with Crippen LogP contribution in [0, 0.1) is 0 Å². The van der Waals surface area contributed by atoms with Crippen LogP contribution in [0.5, 0.6) is 0 Å². The molecule has 0 unspecified atom stereocenters. The van der Waals surface area contributed by atoms with E-state index in [4.69, 9.17) is 11.6 Å². The Kier molecular flexibility index (Phi) is 5.49. The Bertz CT molecular complexity index is 888. The fourth-order valence-corrected chi connectivity index (χ4v) is 5.32. The molecule has 0 saturated carbocycles. The average molecular weight is 395 g/mol. The van der Waals surface area contributed by atoms with Gasteiger partial charge in [0.2, 0.25) is 10.0 Å². The predicted octanol–water partition coefficient (Wildman–Crippen LogP) is 2.13. The van der Waals surface area contributed by atoms with Gasteiger partial charge in [-0.05, 0) is 36.4 Å². The molecule has 0 spiro atoms. The third-order valence-corrected chi connectivity index (χ3v) is 7.97. The maximum Gasteiger partial charge on any atom is 0.252 e. The van der Waals surface area contributed by atoms with E-state index in [9.17, 15) is 16.8 Å². The van der Waals surface area contributed by atoms with Gasteiger partial charge in [-0.2, -0.15) is 0 Å². The number of thiophene rings is 1. The lowest BCUT2D eigenvalue weighted by atomic mass is 10.4. The SMILES string of the molecule is CN(C)S(=O)(=O)c1ccc(CNS(=O)(=O)c2ccc(Cl)cc2)s1. The molecule has 0 atom stereocenters. The van der Waals surface area contributed by atoms with Gasteiger partial charge in [0.05, 0.1) is 4.90 Å². The van der Waals surface area contributed by atoms with Crippen molar-refractivity contribution in [1.29, 1.82) is 0 Å². The van der Waals surface area contributed by atoms with Crippen LogP contribution in [0.15, 0.2) is 45.5 Å². The highest BCUT2D eigenvalue weighted by atomic mass is 35.5. The summed E-state index contributed by atoms with van der Waals surface area (Å²) in [4.78, 5) is 0.697. The molecule has 126 valence electrons. The summed E-state index contributed by atoms with van der Waals surface area (Å²) in [7, 11) is -4.30. The normalized spacial score (nSPS) is 12.7. The van der Waals surface area contributed by atoms with Crippen molar-refractivity contribution in [3.05, 3.63) is 46.3 Å². The van der Waals surface area contributed by atoms with Gasteiger partial charge in [0.15, 0.2) is 0 Å². The molecule has 0 fully saturated rings. The van der Waals surface area contributed by atoms with Crippen molar-refractivity contribution in [2.75, 3.05) is 14.1 Å². The lowest BCUT2D eigenvalue weighted by Gasteiger charge is -2.08. The molecule has 0 saturated heterocycles. The van der Waals surface area contributed by atoms with E-state index < -0.39 is 20.0 Å². The summed E-state index contributed by atoms with van der Waals surface area (Å²) in [6, 6.07) is 8.84. The first-order valence-electron chi connectivity index (χ1n) is 6.39. The number of sulfonamides is 2. The standard InChI is InChI=1S/C13H15ClN2O4S3/c1-16(2)23(19,20)13-8-5-11(21-13)9-15-22(17,18)12-6-3-10(14)4-7-12/h3-8,15H,9H2,1-2H3. The summed E-state index contributed by atoms with van der Waals surface area (Å²) in [5.41, 5.74) is 0. The molecule has 1 aromatic heterocycles. The number of rotatable bonds is 6. The molecule has 0 aliphatic carbocycles. The summed E-state index contributed by atoms with van der Waals surface area (Å²) < 4.78 is 52.0. The van der Waals surface area contributed by atoms with Crippen molar-refractivity contribution in [2.24, 2.45) is 0 Å². The van der Waals surface area contributed by atoms with Gasteiger partial charge in [0.25, 0.3) is 10.0 Å². The average Bonchev–Trinajstić information content (AvgIpc) is 2.95. The molecule has 0 amide bonds. The third kappa shape index (κ3) is 4.31. The maximum absolute atomic E-state index is 12.2. The number of hydrogen-bond donors (Lipinski definition) is 1. The van der Waals surface area contributed by atoms with Gasteiger partial charge in [-0.3, -0.25) is 0 Å². The lowest BCUT2D eigenvalue weighted by molar-refractivity contribution is 0.523. The van der Waals surface area contributed by atoms with Gasteiger partial charge in [-0.25, -0.2) is 25.9 Å². The van der Waals surface area contributed by atoms with E-state index in [1.54, 1.807) is 6.07 Å². The number of hydrogen-bond acceptors (Lipinski definition) is 5. The topological polar surface area (TPSA) is 83.6 Å². The summed E-state index contributed by atoms with van der Waals surface area (Å²) in [5.74, 6) is 0. The summed E-state index contributed by atoms with van der Waals surface area (Å²) in [6.07, 6.45) is 0. The molecule has 0 bridgehead atoms. The molecule has 0 aliphatic heterocycles. The highest BCUT2D eigenvalue weighted by molar-refractivity contribution is 7.91. The minimum absolute atomic E-state index is 0.0125. The van der Waals surface area contributed by atoms with Gasteiger partial charge >= 0.3 is 0 Å². The van der Waals surface area contributed by atoms with E-state index in [1.165, 1.54) is 44.4 Å². The van der Waals surface area contributed by atoms with Crippen LogP contribution >= 0.6 is 22.9 Å². The maximum atomic E-state index is 12.2. The van der Waals surface area contributed by atoms with Crippen LogP contribution < -0.4 is 4.72 Å². The van der Waals surface area contributed by atoms with Gasteiger partial charge in [0.1, 0.15) is 4.21 Å². The fourth-order valence-electron chi connectivity index (χ4n) is 1.64. The summed E-state index contributed by atoms with van der Waals surface area (Å²) in [5, 5.41) is 0.445. The molecule has 1 aromatic carbocycles. The monoisotopic (exact) mass is 394 g/mol. The largest absolute Gasteiger partial charge is 0.252 e. The Morgan fingerprint density at radius 1 is 1.04 bits per heavy atom. The Morgan fingerprint density at radius 2 is 1.65 bits per heavy atom. The van der Waals surface area contributed by atoms with E-state index in [0.29, 0.717) is 9.90 Å². The molecule has 10 heteroatoms. The molecule has 2 aromatic rings. The van der Waals surface area contributed by atoms with Gasteiger partial charge in [-0.15, -0.1) is 11.3 Å². The van der Waals surface area contributed by atoms with Crippen molar-refractivity contribution in [3.63, 3.8) is 0 Å². The summed E-state index contributed by atoms with van der Waals surface area (Å²) in [6.45, 7) is 0.0125. The van der Waals surface area contributed by atoms with Crippen LogP contribution in [0.25, 0.3) is 0 Å². The molecule has 0 radical (unpaired) electrons. The Morgan fingerprint density at radius 3 is 2.22 bits per heavy atom. The van der Waals surface area contributed by atoms with Crippen molar-refractivity contribution in [3.8, 4) is 0 Å². The first-order valence-corrected chi connectivity index (χ1v) is 10.5. The third-order valence-electron chi connectivity index (χ3n) is 2.93. The van der Waals surface area contributed by atoms with Gasteiger partial charge in [-0.1, -0.05) is 11.6 Å². The van der Waals surface area contributed by atoms with E-state index in [-0.39, 0.29) is 15.6 Å². The molecular formula is C13H15ClN2O4S3. The number of nitrogens with zero attached hydrogens (tertiary/aromatic N) is 1. The van der Waals surface area contributed by atoms with Crippen LogP contribution in [0.3, 0.4) is 0 Å². The van der Waals surface area contributed by atoms with E-state index in [2.05, 4.69) is 4.72 Å². The predicted molar refractivity (Wildman–Crippen MR) is 90.7 cm³/mol. The second kappa shape index (κ2) is 6.88. The zero-order valence-electron chi connectivity index (χ0n) is 12.4. The molecule has 0 aliphatic rings. The van der Waals surface area contributed by atoms with Crippen LogP contribution in [-0.2, 0) is 26.6 Å². The van der Waals surface area contributed by atoms with E-state index in [1.807, 2.05) is 0 Å². The number of benzene rings is 1. The lowest BCUT2D eigenvalue weighted by Crippen LogP contribution is -2.22. The number of halogens is 1. The Hall–Kier alpha value is -0.970. The Labute approximate surface area is 144 Å². The van der Waals surface area contributed by atoms with Gasteiger partial charge in [0, 0.05) is 30.5 Å².